The van der Waals surface area contributed by atoms with Crippen molar-refractivity contribution < 1.29 is 19.0 Å². The second kappa shape index (κ2) is 14.8. The Balaban J connectivity index is 1.63. The molecule has 33 heavy (non-hydrogen) atoms. The molecule has 0 atom stereocenters. The molecule has 0 aliphatic heterocycles. The van der Waals surface area contributed by atoms with E-state index in [4.69, 9.17) is 14.2 Å². The van der Waals surface area contributed by atoms with Gasteiger partial charge in [-0.1, -0.05) is 20.4 Å². The fraction of sp³-hybridized carbons (Fsp3) is 0.444. The highest BCUT2D eigenvalue weighted by Crippen LogP contribution is 2.23. The average molecular weight is 453 g/mol. The van der Waals surface area contributed by atoms with Crippen molar-refractivity contribution in [3.05, 3.63) is 60.7 Å². The van der Waals surface area contributed by atoms with E-state index in [2.05, 4.69) is 30.7 Å². The van der Waals surface area contributed by atoms with E-state index in [1.54, 1.807) is 6.92 Å². The minimum Gasteiger partial charge on any atom is -0.494 e. The summed E-state index contributed by atoms with van der Waals surface area (Å²) >= 11 is 0. The van der Waals surface area contributed by atoms with Crippen LogP contribution in [-0.4, -0.2) is 25.8 Å². The molecule has 6 heteroatoms. The smallest absolute Gasteiger partial charge is 0.333 e. The number of carbonyl (C=O) groups excluding carboxylic acids is 1. The molecule has 0 saturated heterocycles. The zero-order chi connectivity index (χ0) is 23.9. The predicted octanol–water partition coefficient (Wildman–Crippen LogP) is 7.59. The van der Waals surface area contributed by atoms with Crippen molar-refractivity contribution in [1.29, 1.82) is 0 Å². The zero-order valence-electron chi connectivity index (χ0n) is 20.1. The number of benzene rings is 2. The normalized spacial score (nSPS) is 11.0. The molecule has 178 valence electrons. The summed E-state index contributed by atoms with van der Waals surface area (Å²) in [5.74, 6) is 1.97. The molecule has 0 saturated carbocycles. The first-order valence-corrected chi connectivity index (χ1v) is 11.6. The minimum atomic E-state index is -0.318. The Morgan fingerprint density at radius 1 is 0.788 bits per heavy atom. The summed E-state index contributed by atoms with van der Waals surface area (Å²) < 4.78 is 16.6. The van der Waals surface area contributed by atoms with Gasteiger partial charge >= 0.3 is 5.97 Å². The van der Waals surface area contributed by atoms with E-state index < -0.39 is 0 Å². The first-order valence-electron chi connectivity index (χ1n) is 11.6. The lowest BCUT2D eigenvalue weighted by Crippen LogP contribution is -2.06. The van der Waals surface area contributed by atoms with Gasteiger partial charge < -0.3 is 14.2 Å². The molecule has 0 unspecified atom stereocenters. The van der Waals surface area contributed by atoms with Gasteiger partial charge in [-0.05, 0) is 93.5 Å². The van der Waals surface area contributed by atoms with Gasteiger partial charge in [0.2, 0.25) is 0 Å². The predicted molar refractivity (Wildman–Crippen MR) is 132 cm³/mol. The minimum absolute atomic E-state index is 0.318. The standard InChI is InChI=1S/C27H36N2O4/c1-21(2)17-20-32-26-15-11-24(12-16-26)29-28-23-9-13-25(14-10-23)31-18-7-5-6-8-19-33-27(30)22(3)4/h9-16,21H,3,5-8,17-20H2,1-2,4H3. The number of ether oxygens (including phenoxy) is 3. The van der Waals surface area contributed by atoms with E-state index >= 15 is 0 Å². The number of nitrogens with zero attached hydrogens (tertiary/aromatic N) is 2. The van der Waals surface area contributed by atoms with Crippen LogP contribution in [-0.2, 0) is 9.53 Å². The third-order valence-electron chi connectivity index (χ3n) is 4.81. The maximum Gasteiger partial charge on any atom is 0.333 e. The molecule has 0 amide bonds. The lowest BCUT2D eigenvalue weighted by molar-refractivity contribution is -0.139. The summed E-state index contributed by atoms with van der Waals surface area (Å²) in [5.41, 5.74) is 1.98. The van der Waals surface area contributed by atoms with E-state index in [0.29, 0.717) is 24.7 Å². The van der Waals surface area contributed by atoms with Crippen LogP contribution in [0.25, 0.3) is 0 Å². The van der Waals surface area contributed by atoms with Crippen molar-refractivity contribution >= 4 is 17.3 Å². The first kappa shape index (κ1) is 26.1. The van der Waals surface area contributed by atoms with Crippen LogP contribution in [0.1, 0.15) is 52.9 Å². The van der Waals surface area contributed by atoms with Gasteiger partial charge in [0.15, 0.2) is 0 Å². The summed E-state index contributed by atoms with van der Waals surface area (Å²) in [6.45, 7) is 11.4. The van der Waals surface area contributed by atoms with Crippen molar-refractivity contribution in [1.82, 2.24) is 0 Å². The van der Waals surface area contributed by atoms with Crippen LogP contribution in [0, 0.1) is 5.92 Å². The lowest BCUT2D eigenvalue weighted by atomic mass is 10.1. The van der Waals surface area contributed by atoms with Crippen LogP contribution in [0.15, 0.2) is 70.9 Å². The molecule has 0 radical (unpaired) electrons. The van der Waals surface area contributed by atoms with Gasteiger partial charge in [0.1, 0.15) is 11.5 Å². The lowest BCUT2D eigenvalue weighted by Gasteiger charge is -2.07. The van der Waals surface area contributed by atoms with E-state index in [1.807, 2.05) is 48.5 Å². The fourth-order valence-electron chi connectivity index (χ4n) is 2.78. The van der Waals surface area contributed by atoms with Crippen molar-refractivity contribution in [3.63, 3.8) is 0 Å². The Morgan fingerprint density at radius 3 is 1.76 bits per heavy atom. The van der Waals surface area contributed by atoms with E-state index in [1.165, 1.54) is 0 Å². The molecular formula is C27H36N2O4. The number of hydrogen-bond acceptors (Lipinski definition) is 6. The second-order valence-electron chi connectivity index (χ2n) is 8.40. The molecule has 0 heterocycles. The topological polar surface area (TPSA) is 69.5 Å². The van der Waals surface area contributed by atoms with Gasteiger partial charge in [-0.2, -0.15) is 10.2 Å². The summed E-state index contributed by atoms with van der Waals surface area (Å²) in [5, 5.41) is 8.56. The summed E-state index contributed by atoms with van der Waals surface area (Å²) in [6.07, 6.45) is 4.87. The van der Waals surface area contributed by atoms with Crippen LogP contribution < -0.4 is 9.47 Å². The van der Waals surface area contributed by atoms with Gasteiger partial charge in [-0.3, -0.25) is 0 Å². The van der Waals surface area contributed by atoms with Crippen LogP contribution in [0.2, 0.25) is 0 Å². The number of esters is 1. The number of hydrogen-bond donors (Lipinski definition) is 0. The van der Waals surface area contributed by atoms with Crippen LogP contribution >= 0.6 is 0 Å². The maximum atomic E-state index is 11.3. The molecule has 0 spiro atoms. The summed E-state index contributed by atoms with van der Waals surface area (Å²) in [4.78, 5) is 11.3. The third kappa shape index (κ3) is 11.3. The van der Waals surface area contributed by atoms with Crippen LogP contribution in [0.3, 0.4) is 0 Å². The number of azo groups is 1. The third-order valence-corrected chi connectivity index (χ3v) is 4.81. The second-order valence-corrected chi connectivity index (χ2v) is 8.40. The van der Waals surface area contributed by atoms with E-state index in [-0.39, 0.29) is 5.97 Å². The molecule has 0 N–H and O–H groups in total. The molecule has 0 fully saturated rings. The molecule has 6 nitrogen and oxygen atoms in total. The first-order chi connectivity index (χ1) is 15.9. The largest absolute Gasteiger partial charge is 0.494 e. The molecule has 0 bridgehead atoms. The molecule has 2 rings (SSSR count). The number of rotatable bonds is 15. The maximum absolute atomic E-state index is 11.3. The molecule has 0 aromatic heterocycles. The van der Waals surface area contributed by atoms with Crippen molar-refractivity contribution in [2.24, 2.45) is 16.1 Å². The molecule has 2 aromatic carbocycles. The Hall–Kier alpha value is -3.15. The zero-order valence-corrected chi connectivity index (χ0v) is 20.1. The summed E-state index contributed by atoms with van der Waals surface area (Å²) in [6, 6.07) is 15.2. The Labute approximate surface area is 197 Å². The Kier molecular flexibility index (Phi) is 11.7. The Bertz CT molecular complexity index is 874. The highest BCUT2D eigenvalue weighted by Gasteiger charge is 2.02. The highest BCUT2D eigenvalue weighted by molar-refractivity contribution is 5.86. The average Bonchev–Trinajstić information content (AvgIpc) is 2.80. The SMILES string of the molecule is C=C(C)C(=O)OCCCCCCOc1ccc(N=Nc2ccc(OCCC(C)C)cc2)cc1. The van der Waals surface area contributed by atoms with Gasteiger partial charge in [0.05, 0.1) is 31.2 Å². The Morgan fingerprint density at radius 2 is 1.27 bits per heavy atom. The van der Waals surface area contributed by atoms with Gasteiger partial charge in [-0.15, -0.1) is 0 Å². The van der Waals surface area contributed by atoms with Crippen molar-refractivity contribution in [2.75, 3.05) is 19.8 Å². The summed E-state index contributed by atoms with van der Waals surface area (Å²) in [7, 11) is 0. The van der Waals surface area contributed by atoms with Gasteiger partial charge in [0.25, 0.3) is 0 Å². The van der Waals surface area contributed by atoms with Crippen molar-refractivity contribution in [3.8, 4) is 11.5 Å². The quantitative estimate of drug-likeness (QED) is 0.121. The molecule has 2 aromatic rings. The van der Waals surface area contributed by atoms with E-state index in [0.717, 1.165) is 61.6 Å². The van der Waals surface area contributed by atoms with Gasteiger partial charge in [0, 0.05) is 5.57 Å². The van der Waals surface area contributed by atoms with Crippen LogP contribution in [0.4, 0.5) is 11.4 Å². The number of unbranched alkanes of at least 4 members (excludes halogenated alkanes) is 3. The monoisotopic (exact) mass is 452 g/mol. The van der Waals surface area contributed by atoms with Gasteiger partial charge in [-0.25, -0.2) is 4.79 Å². The molecule has 0 aliphatic rings. The van der Waals surface area contributed by atoms with E-state index in [9.17, 15) is 4.79 Å². The fourth-order valence-corrected chi connectivity index (χ4v) is 2.78. The van der Waals surface area contributed by atoms with Crippen LogP contribution in [0.5, 0.6) is 11.5 Å². The number of carbonyl (C=O) groups is 1. The molecule has 0 aliphatic carbocycles. The highest BCUT2D eigenvalue weighted by atomic mass is 16.5. The van der Waals surface area contributed by atoms with Crippen molar-refractivity contribution in [2.45, 2.75) is 52.9 Å². The molecular weight excluding hydrogens is 416 g/mol.